The van der Waals surface area contributed by atoms with Gasteiger partial charge in [-0.05, 0) is 56.2 Å². The second-order valence-electron chi connectivity index (χ2n) is 10.6. The summed E-state index contributed by atoms with van der Waals surface area (Å²) in [6.45, 7) is 9.18. The predicted molar refractivity (Wildman–Crippen MR) is 162 cm³/mol. The van der Waals surface area contributed by atoms with Gasteiger partial charge in [0.25, 0.3) is 0 Å². The van der Waals surface area contributed by atoms with Gasteiger partial charge in [0, 0.05) is 49.4 Å². The number of nitrogens with one attached hydrogen (secondary N) is 2. The highest BCUT2D eigenvalue weighted by atomic mass is 19.1. The van der Waals surface area contributed by atoms with Gasteiger partial charge in [0.15, 0.2) is 0 Å². The van der Waals surface area contributed by atoms with E-state index in [9.17, 15) is 14.0 Å². The second-order valence-corrected chi connectivity index (χ2v) is 10.6. The Bertz CT molecular complexity index is 1480. The quantitative estimate of drug-likeness (QED) is 0.329. The number of morpholine rings is 1. The van der Waals surface area contributed by atoms with Crippen LogP contribution in [0.4, 0.5) is 26.6 Å². The monoisotopic (exact) mass is 589 g/mol. The Morgan fingerprint density at radius 2 is 2.00 bits per heavy atom. The van der Waals surface area contributed by atoms with Gasteiger partial charge in [0.1, 0.15) is 24.6 Å². The number of rotatable bonds is 10. The van der Waals surface area contributed by atoms with Crippen molar-refractivity contribution in [3.05, 3.63) is 72.2 Å². The maximum Gasteiger partial charge on any atom is 0.416 e. The van der Waals surface area contributed by atoms with Gasteiger partial charge < -0.3 is 20.1 Å². The average molecular weight is 590 g/mol. The Balaban J connectivity index is 1.22. The SMILES string of the molecule is Cc1cc([C@H](C)Nc2nccc(N3C(=O)OC[C@@H]3[C@H](C)F)n2)ncc1-c1cccc(NC(=O)/C=C/CN2CCOCC2)c1. The van der Waals surface area contributed by atoms with Gasteiger partial charge in [-0.2, -0.15) is 4.98 Å². The highest BCUT2D eigenvalue weighted by Gasteiger charge is 2.39. The number of benzene rings is 1. The minimum Gasteiger partial charge on any atom is -0.447 e. The number of carbonyl (C=O) groups is 2. The summed E-state index contributed by atoms with van der Waals surface area (Å²) in [5.41, 5.74) is 4.33. The first-order valence-corrected chi connectivity index (χ1v) is 14.3. The van der Waals surface area contributed by atoms with Crippen LogP contribution in [0, 0.1) is 6.92 Å². The van der Waals surface area contributed by atoms with Crippen LogP contribution in [-0.4, -0.2) is 83.5 Å². The molecule has 0 spiro atoms. The molecule has 2 aliphatic rings. The molecule has 5 rings (SSSR count). The first-order valence-electron chi connectivity index (χ1n) is 14.3. The fraction of sp³-hybridized carbons (Fsp3) is 0.387. The van der Waals surface area contributed by atoms with Crippen molar-refractivity contribution in [2.45, 2.75) is 39.0 Å². The predicted octanol–water partition coefficient (Wildman–Crippen LogP) is 4.53. The third kappa shape index (κ3) is 7.51. The van der Waals surface area contributed by atoms with E-state index in [0.717, 1.165) is 48.7 Å². The molecule has 0 aliphatic carbocycles. The lowest BCUT2D eigenvalue weighted by molar-refractivity contribution is -0.111. The maximum absolute atomic E-state index is 14.1. The molecule has 43 heavy (non-hydrogen) atoms. The van der Waals surface area contributed by atoms with Gasteiger partial charge in [-0.25, -0.2) is 14.2 Å². The molecule has 0 bridgehead atoms. The number of amides is 2. The number of anilines is 3. The van der Waals surface area contributed by atoms with Crippen molar-refractivity contribution in [3.8, 4) is 11.1 Å². The number of nitrogens with zero attached hydrogens (tertiary/aromatic N) is 5. The summed E-state index contributed by atoms with van der Waals surface area (Å²) in [5.74, 6) is 0.361. The lowest BCUT2D eigenvalue weighted by Gasteiger charge is -2.25. The van der Waals surface area contributed by atoms with E-state index < -0.39 is 18.3 Å². The fourth-order valence-corrected chi connectivity index (χ4v) is 5.02. The first-order chi connectivity index (χ1) is 20.8. The van der Waals surface area contributed by atoms with Crippen molar-refractivity contribution in [2.24, 2.45) is 0 Å². The zero-order chi connectivity index (χ0) is 30.3. The number of carbonyl (C=O) groups excluding carboxylic acids is 2. The Morgan fingerprint density at radius 1 is 1.19 bits per heavy atom. The third-order valence-corrected chi connectivity index (χ3v) is 7.42. The number of alkyl halides is 1. The van der Waals surface area contributed by atoms with Gasteiger partial charge in [0.05, 0.1) is 24.9 Å². The van der Waals surface area contributed by atoms with Gasteiger partial charge in [0.2, 0.25) is 11.9 Å². The van der Waals surface area contributed by atoms with Crippen LogP contribution < -0.4 is 15.5 Å². The first kappa shape index (κ1) is 30.1. The summed E-state index contributed by atoms with van der Waals surface area (Å²) in [5, 5.41) is 6.15. The third-order valence-electron chi connectivity index (χ3n) is 7.42. The van der Waals surface area contributed by atoms with E-state index >= 15 is 0 Å². The number of cyclic esters (lactones) is 1. The molecule has 3 atom stereocenters. The lowest BCUT2D eigenvalue weighted by atomic mass is 10.0. The highest BCUT2D eigenvalue weighted by Crippen LogP contribution is 2.29. The van der Waals surface area contributed by atoms with Gasteiger partial charge >= 0.3 is 6.09 Å². The topological polar surface area (TPSA) is 122 Å². The molecule has 1 aromatic carbocycles. The molecule has 2 aliphatic heterocycles. The molecule has 0 unspecified atom stereocenters. The standard InChI is InChI=1S/C31H36FN7O4/c1-20-16-26(22(3)35-30-33-10-9-28(37-30)39-27(21(2)32)19-43-31(39)41)34-18-25(20)23-6-4-7-24(17-23)36-29(40)8-5-11-38-12-14-42-15-13-38/h4-10,16-18,21-22,27H,11-15,19H2,1-3H3,(H,36,40)(H,33,35,37)/b8-5+/t21-,22-,27+/m0/s1. The van der Waals surface area contributed by atoms with Crippen molar-refractivity contribution < 1.29 is 23.5 Å². The minimum atomic E-state index is -1.28. The molecule has 226 valence electrons. The summed E-state index contributed by atoms with van der Waals surface area (Å²) < 4.78 is 24.4. The lowest BCUT2D eigenvalue weighted by Crippen LogP contribution is -2.39. The number of hydrogen-bond donors (Lipinski definition) is 2. The molecular formula is C31H36FN7O4. The number of halogens is 1. The zero-order valence-corrected chi connectivity index (χ0v) is 24.5. The molecule has 4 heterocycles. The van der Waals surface area contributed by atoms with Crippen molar-refractivity contribution >= 4 is 29.5 Å². The maximum atomic E-state index is 14.1. The van der Waals surface area contributed by atoms with Crippen LogP contribution in [0.25, 0.3) is 11.1 Å². The Hall–Kier alpha value is -4.42. The Labute approximate surface area is 250 Å². The normalized spacial score (nSPS) is 18.8. The van der Waals surface area contributed by atoms with E-state index in [1.165, 1.54) is 18.0 Å². The number of aromatic nitrogens is 3. The Morgan fingerprint density at radius 3 is 2.77 bits per heavy atom. The van der Waals surface area contributed by atoms with E-state index in [4.69, 9.17) is 9.47 Å². The van der Waals surface area contributed by atoms with Crippen LogP contribution in [-0.2, 0) is 14.3 Å². The highest BCUT2D eigenvalue weighted by molar-refractivity contribution is 5.99. The van der Waals surface area contributed by atoms with Gasteiger partial charge in [-0.15, -0.1) is 0 Å². The van der Waals surface area contributed by atoms with E-state index in [1.54, 1.807) is 18.3 Å². The summed E-state index contributed by atoms with van der Waals surface area (Å²) in [6.07, 6.45) is 4.84. The minimum absolute atomic E-state index is 0.0309. The van der Waals surface area contributed by atoms with Crippen LogP contribution in [0.15, 0.2) is 60.9 Å². The molecule has 12 heteroatoms. The van der Waals surface area contributed by atoms with Crippen molar-refractivity contribution in [2.75, 3.05) is 55.0 Å². The number of aryl methyl sites for hydroxylation is 1. The van der Waals surface area contributed by atoms with Crippen LogP contribution in [0.2, 0.25) is 0 Å². The van der Waals surface area contributed by atoms with Crippen LogP contribution in [0.3, 0.4) is 0 Å². The summed E-state index contributed by atoms with van der Waals surface area (Å²) in [4.78, 5) is 41.5. The van der Waals surface area contributed by atoms with Gasteiger partial charge in [-0.3, -0.25) is 19.6 Å². The number of hydrogen-bond acceptors (Lipinski definition) is 9. The van der Waals surface area contributed by atoms with Crippen molar-refractivity contribution in [1.29, 1.82) is 0 Å². The largest absolute Gasteiger partial charge is 0.447 e. The zero-order valence-electron chi connectivity index (χ0n) is 24.5. The van der Waals surface area contributed by atoms with Crippen LogP contribution in [0.1, 0.15) is 31.1 Å². The summed E-state index contributed by atoms with van der Waals surface area (Å²) >= 11 is 0. The van der Waals surface area contributed by atoms with E-state index in [0.29, 0.717) is 12.2 Å². The second kappa shape index (κ2) is 13.7. The smallest absolute Gasteiger partial charge is 0.416 e. The van der Waals surface area contributed by atoms with Crippen LogP contribution >= 0.6 is 0 Å². The average Bonchev–Trinajstić information content (AvgIpc) is 3.39. The molecule has 2 N–H and O–H groups in total. The molecule has 2 saturated heterocycles. The number of ether oxygens (including phenoxy) is 2. The molecule has 2 amide bonds. The van der Waals surface area contributed by atoms with E-state index in [1.807, 2.05) is 50.3 Å². The molecule has 2 fully saturated rings. The Kier molecular flexibility index (Phi) is 9.58. The summed E-state index contributed by atoms with van der Waals surface area (Å²) in [6, 6.07) is 10.2. The fourth-order valence-electron chi connectivity index (χ4n) is 5.02. The number of pyridine rings is 1. The van der Waals surface area contributed by atoms with Crippen LogP contribution in [0.5, 0.6) is 0 Å². The molecule has 2 aromatic heterocycles. The van der Waals surface area contributed by atoms with Crippen molar-refractivity contribution in [3.63, 3.8) is 0 Å². The van der Waals surface area contributed by atoms with Crippen molar-refractivity contribution in [1.82, 2.24) is 19.9 Å². The molecule has 3 aromatic rings. The van der Waals surface area contributed by atoms with Gasteiger partial charge in [-0.1, -0.05) is 18.2 Å². The summed E-state index contributed by atoms with van der Waals surface area (Å²) in [7, 11) is 0. The van der Waals surface area contributed by atoms with E-state index in [-0.39, 0.29) is 30.3 Å². The van der Waals surface area contributed by atoms with E-state index in [2.05, 4.69) is 30.5 Å². The molecule has 0 radical (unpaired) electrons. The molecule has 11 nitrogen and oxygen atoms in total. The molecular weight excluding hydrogens is 553 g/mol. The molecule has 0 saturated carbocycles.